The highest BCUT2D eigenvalue weighted by Gasteiger charge is 2.52. The molecule has 4 atom stereocenters. The number of aromatic nitrogens is 3. The molecular formula is C40H41F4N5O4. The van der Waals surface area contributed by atoms with Crippen LogP contribution in [0.2, 0.25) is 0 Å². The maximum atomic E-state index is 17.2. The second-order valence-corrected chi connectivity index (χ2v) is 15.4. The Kier molecular flexibility index (Phi) is 8.34. The van der Waals surface area contributed by atoms with Gasteiger partial charge in [0.15, 0.2) is 5.82 Å². The average Bonchev–Trinajstić information content (AvgIpc) is 3.83. The SMILES string of the molecule is C#Cc1c(F)ccc2cc(O)cc(-c3nc(OC)c4c(N5CCOC6CC65)nc(OC[C@]56CCC[C@H]5N(C5CCC(F)(F)CC5)CCC6)nc4c3F)c12. The summed E-state index contributed by atoms with van der Waals surface area (Å²) in [6.07, 6.45) is 12.2. The molecule has 5 aliphatic rings. The number of hydrogen-bond acceptors (Lipinski definition) is 9. The van der Waals surface area contributed by atoms with E-state index in [4.69, 9.17) is 25.6 Å². The molecule has 5 fully saturated rings. The molecule has 53 heavy (non-hydrogen) atoms. The first-order valence-electron chi connectivity index (χ1n) is 18.6. The zero-order valence-electron chi connectivity index (χ0n) is 29.5. The van der Waals surface area contributed by atoms with Gasteiger partial charge >= 0.3 is 6.01 Å². The molecule has 2 aliphatic heterocycles. The monoisotopic (exact) mass is 731 g/mol. The molecule has 4 aromatic rings. The number of ether oxygens (including phenoxy) is 3. The van der Waals surface area contributed by atoms with Crippen molar-refractivity contribution >= 4 is 27.5 Å². The number of phenols is 1. The highest BCUT2D eigenvalue weighted by Crippen LogP contribution is 2.51. The van der Waals surface area contributed by atoms with Gasteiger partial charge in [-0.05, 0) is 75.1 Å². The lowest BCUT2D eigenvalue weighted by atomic mass is 9.74. The van der Waals surface area contributed by atoms with Crippen LogP contribution in [-0.4, -0.2) is 88.5 Å². The van der Waals surface area contributed by atoms with Gasteiger partial charge in [-0.3, -0.25) is 4.90 Å². The van der Waals surface area contributed by atoms with Gasteiger partial charge in [-0.15, -0.1) is 6.42 Å². The third-order valence-corrected chi connectivity index (χ3v) is 12.4. The molecule has 4 heterocycles. The Balaban J connectivity index is 1.14. The summed E-state index contributed by atoms with van der Waals surface area (Å²) in [4.78, 5) is 18.7. The molecule has 278 valence electrons. The van der Waals surface area contributed by atoms with Gasteiger partial charge in [0.1, 0.15) is 34.0 Å². The zero-order valence-corrected chi connectivity index (χ0v) is 29.5. The first-order chi connectivity index (χ1) is 25.6. The molecule has 1 N–H and O–H groups in total. The number of methoxy groups -OCH3 is 1. The number of morpholine rings is 1. The summed E-state index contributed by atoms with van der Waals surface area (Å²) < 4.78 is 78.7. The van der Waals surface area contributed by atoms with Crippen molar-refractivity contribution in [2.75, 3.05) is 38.3 Å². The van der Waals surface area contributed by atoms with Crippen LogP contribution in [0.1, 0.15) is 69.8 Å². The van der Waals surface area contributed by atoms with Crippen LogP contribution in [0.3, 0.4) is 0 Å². The second kappa shape index (κ2) is 12.9. The van der Waals surface area contributed by atoms with Crippen molar-refractivity contribution in [3.63, 3.8) is 0 Å². The molecule has 0 spiro atoms. The van der Waals surface area contributed by atoms with E-state index < -0.39 is 17.6 Å². The maximum Gasteiger partial charge on any atom is 0.319 e. The number of anilines is 1. The molecular weight excluding hydrogens is 690 g/mol. The summed E-state index contributed by atoms with van der Waals surface area (Å²) in [5, 5.41) is 11.6. The molecule has 9 nitrogen and oxygen atoms in total. The number of likely N-dealkylation sites (tertiary alicyclic amines) is 1. The molecule has 0 radical (unpaired) electrons. The summed E-state index contributed by atoms with van der Waals surface area (Å²) in [5.41, 5.74) is -0.550. The summed E-state index contributed by atoms with van der Waals surface area (Å²) in [6, 6.07) is 5.75. The highest BCUT2D eigenvalue weighted by molar-refractivity contribution is 6.04. The van der Waals surface area contributed by atoms with Gasteiger partial charge in [0, 0.05) is 47.8 Å². The van der Waals surface area contributed by atoms with Gasteiger partial charge in [-0.1, -0.05) is 18.4 Å². The topological polar surface area (TPSA) is 93.1 Å². The van der Waals surface area contributed by atoms with E-state index in [1.807, 2.05) is 0 Å². The van der Waals surface area contributed by atoms with Crippen LogP contribution in [-0.2, 0) is 4.74 Å². The number of aromatic hydroxyl groups is 1. The Hall–Kier alpha value is -4.41. The zero-order chi connectivity index (χ0) is 36.6. The minimum atomic E-state index is -2.59. The summed E-state index contributed by atoms with van der Waals surface area (Å²) in [7, 11) is 1.42. The number of hydrogen-bond donors (Lipinski definition) is 1. The van der Waals surface area contributed by atoms with Crippen LogP contribution in [0.5, 0.6) is 17.6 Å². The third-order valence-electron chi connectivity index (χ3n) is 12.4. The molecule has 3 aliphatic carbocycles. The Morgan fingerprint density at radius 1 is 1.02 bits per heavy atom. The molecule has 2 unspecified atom stereocenters. The highest BCUT2D eigenvalue weighted by atomic mass is 19.3. The number of piperidine rings is 1. The van der Waals surface area contributed by atoms with Crippen LogP contribution >= 0.6 is 0 Å². The van der Waals surface area contributed by atoms with Crippen molar-refractivity contribution in [1.29, 1.82) is 0 Å². The fraction of sp³-hybridized carbons (Fsp3) is 0.525. The Bertz CT molecular complexity index is 2150. The maximum absolute atomic E-state index is 17.2. The average molecular weight is 732 g/mol. The molecule has 0 amide bonds. The standard InChI is InChI=1S/C40H41F4N5O4/c1-3-25-27(41)8-7-22-18-24(50)19-26(31(22)25)34-33(42)35-32(37(45-34)51-2)36(49-16-17-52-29-20-28(29)49)47-38(46-35)53-21-39-11-4-6-30(39)48(15-5-12-39)23-9-13-40(43,44)14-10-23/h1,7-8,18-19,23,28-30,50H,4-6,9-17,20-21H2,2H3/t28?,29?,30-,39-/m1/s1. The van der Waals surface area contributed by atoms with Gasteiger partial charge in [-0.2, -0.15) is 9.97 Å². The number of benzene rings is 2. The van der Waals surface area contributed by atoms with Crippen LogP contribution in [0, 0.1) is 29.4 Å². The Morgan fingerprint density at radius 2 is 1.83 bits per heavy atom. The number of pyridine rings is 1. The predicted molar refractivity (Wildman–Crippen MR) is 191 cm³/mol. The molecule has 2 aromatic heterocycles. The van der Waals surface area contributed by atoms with Crippen LogP contribution < -0.4 is 14.4 Å². The first-order valence-corrected chi connectivity index (χ1v) is 18.6. The van der Waals surface area contributed by atoms with E-state index in [0.29, 0.717) is 43.8 Å². The van der Waals surface area contributed by atoms with Crippen molar-refractivity contribution < 1.29 is 36.9 Å². The molecule has 0 bridgehead atoms. The number of fused-ring (bicyclic) bond motifs is 4. The molecule has 13 heteroatoms. The number of nitrogens with zero attached hydrogens (tertiary/aromatic N) is 5. The number of alkyl halides is 2. The molecule has 2 saturated heterocycles. The number of terminal acetylenes is 1. The lowest BCUT2D eigenvalue weighted by Crippen LogP contribution is -2.56. The van der Waals surface area contributed by atoms with Crippen molar-refractivity contribution in [2.24, 2.45) is 5.41 Å². The number of rotatable bonds is 7. The van der Waals surface area contributed by atoms with Crippen LogP contribution in [0.25, 0.3) is 32.9 Å². The van der Waals surface area contributed by atoms with Gasteiger partial charge in [0.25, 0.3) is 0 Å². The van der Waals surface area contributed by atoms with E-state index in [9.17, 15) is 13.9 Å². The van der Waals surface area contributed by atoms with E-state index in [1.54, 1.807) is 0 Å². The van der Waals surface area contributed by atoms with Crippen LogP contribution in [0.15, 0.2) is 24.3 Å². The van der Waals surface area contributed by atoms with Crippen molar-refractivity contribution in [2.45, 2.75) is 94.4 Å². The lowest BCUT2D eigenvalue weighted by molar-refractivity contribution is -0.0801. The molecule has 3 saturated carbocycles. The van der Waals surface area contributed by atoms with Gasteiger partial charge < -0.3 is 24.2 Å². The lowest BCUT2D eigenvalue weighted by Gasteiger charge is -2.50. The van der Waals surface area contributed by atoms with E-state index in [1.165, 1.54) is 31.4 Å². The fourth-order valence-corrected chi connectivity index (χ4v) is 9.79. The Labute approximate surface area is 304 Å². The molecule has 2 aromatic carbocycles. The van der Waals surface area contributed by atoms with E-state index in [0.717, 1.165) is 45.1 Å². The largest absolute Gasteiger partial charge is 0.508 e. The van der Waals surface area contributed by atoms with E-state index in [2.05, 4.69) is 25.7 Å². The van der Waals surface area contributed by atoms with E-state index in [-0.39, 0.29) is 93.2 Å². The normalized spacial score (nSPS) is 27.0. The van der Waals surface area contributed by atoms with Crippen molar-refractivity contribution in [1.82, 2.24) is 19.9 Å². The fourth-order valence-electron chi connectivity index (χ4n) is 9.79. The number of halogens is 4. The van der Waals surface area contributed by atoms with Crippen LogP contribution in [0.4, 0.5) is 23.4 Å². The summed E-state index contributed by atoms with van der Waals surface area (Å²) in [6.45, 7) is 2.15. The minimum Gasteiger partial charge on any atom is -0.508 e. The number of phenolic OH excluding ortho intramolecular Hbond substituents is 1. The van der Waals surface area contributed by atoms with Gasteiger partial charge in [-0.25, -0.2) is 22.5 Å². The predicted octanol–water partition coefficient (Wildman–Crippen LogP) is 7.39. The summed E-state index contributed by atoms with van der Waals surface area (Å²) in [5.74, 6) is -1.43. The Morgan fingerprint density at radius 3 is 2.62 bits per heavy atom. The third kappa shape index (κ3) is 5.80. The smallest absolute Gasteiger partial charge is 0.319 e. The van der Waals surface area contributed by atoms with Crippen molar-refractivity contribution in [3.05, 3.63) is 41.5 Å². The van der Waals surface area contributed by atoms with Gasteiger partial charge in [0.2, 0.25) is 11.8 Å². The second-order valence-electron chi connectivity index (χ2n) is 15.4. The summed E-state index contributed by atoms with van der Waals surface area (Å²) >= 11 is 0. The minimum absolute atomic E-state index is 0.000114. The van der Waals surface area contributed by atoms with Crippen molar-refractivity contribution in [3.8, 4) is 41.2 Å². The molecule has 9 rings (SSSR count). The van der Waals surface area contributed by atoms with E-state index >= 15 is 8.78 Å². The quantitative estimate of drug-likeness (QED) is 0.154. The first kappa shape index (κ1) is 34.4. The van der Waals surface area contributed by atoms with Gasteiger partial charge in [0.05, 0.1) is 38.0 Å².